The van der Waals surface area contributed by atoms with Gasteiger partial charge >= 0.3 is 0 Å². The molecule has 2 unspecified atom stereocenters. The van der Waals surface area contributed by atoms with Gasteiger partial charge in [0.25, 0.3) is 0 Å². The summed E-state index contributed by atoms with van der Waals surface area (Å²) in [7, 11) is 0. The molecule has 0 aliphatic heterocycles. The van der Waals surface area contributed by atoms with Gasteiger partial charge < -0.3 is 5.32 Å². The molecule has 1 nitrogen and oxygen atoms in total. The van der Waals surface area contributed by atoms with Crippen molar-refractivity contribution < 1.29 is 0 Å². The summed E-state index contributed by atoms with van der Waals surface area (Å²) in [5, 5.41) is 3.66. The van der Waals surface area contributed by atoms with Gasteiger partial charge in [0.2, 0.25) is 0 Å². The number of nitrogens with one attached hydrogen (secondary N) is 1. The molecule has 0 aliphatic carbocycles. The number of hydrogen-bond donors (Lipinski definition) is 1. The van der Waals surface area contributed by atoms with E-state index in [1.807, 2.05) is 11.8 Å². The molecule has 0 radical (unpaired) electrons. The predicted octanol–water partition coefficient (Wildman–Crippen LogP) is 3.69. The second-order valence-electron chi connectivity index (χ2n) is 4.10. The molecule has 0 bridgehead atoms. The first kappa shape index (κ1) is 14.3. The fourth-order valence-corrected chi connectivity index (χ4v) is 2.38. The van der Waals surface area contributed by atoms with Gasteiger partial charge in [-0.1, -0.05) is 26.7 Å². The summed E-state index contributed by atoms with van der Waals surface area (Å²) in [6, 6.07) is 1.37. The molecule has 0 fully saturated rings. The molecule has 2 heteroatoms. The molecule has 86 valence electrons. The van der Waals surface area contributed by atoms with E-state index in [9.17, 15) is 0 Å². The first-order chi connectivity index (χ1) is 6.70. The Morgan fingerprint density at radius 2 is 1.71 bits per heavy atom. The molecule has 0 rings (SSSR count). The van der Waals surface area contributed by atoms with Gasteiger partial charge in [-0.3, -0.25) is 0 Å². The first-order valence-electron chi connectivity index (χ1n) is 6.04. The first-order valence-corrected chi connectivity index (χ1v) is 7.19. The van der Waals surface area contributed by atoms with Crippen molar-refractivity contribution in [3.05, 3.63) is 0 Å². The van der Waals surface area contributed by atoms with E-state index in [1.54, 1.807) is 0 Å². The Morgan fingerprint density at radius 1 is 1.07 bits per heavy atom. The summed E-state index contributed by atoms with van der Waals surface area (Å²) in [6.07, 6.45) is 5.29. The zero-order chi connectivity index (χ0) is 10.8. The molecule has 0 amide bonds. The summed E-state index contributed by atoms with van der Waals surface area (Å²) < 4.78 is 0. The SMILES string of the molecule is CCCCC(C)NC(C)CCSCC. The second-order valence-corrected chi connectivity index (χ2v) is 5.49. The topological polar surface area (TPSA) is 12.0 Å². The van der Waals surface area contributed by atoms with Crippen molar-refractivity contribution >= 4 is 11.8 Å². The summed E-state index contributed by atoms with van der Waals surface area (Å²) in [5.74, 6) is 2.54. The fourth-order valence-electron chi connectivity index (χ4n) is 1.57. The highest BCUT2D eigenvalue weighted by atomic mass is 32.2. The molecule has 0 aromatic heterocycles. The van der Waals surface area contributed by atoms with Crippen LogP contribution in [0.5, 0.6) is 0 Å². The lowest BCUT2D eigenvalue weighted by atomic mass is 10.1. The van der Waals surface area contributed by atoms with Crippen molar-refractivity contribution in [1.82, 2.24) is 5.32 Å². The Balaban J connectivity index is 3.35. The highest BCUT2D eigenvalue weighted by Crippen LogP contribution is 2.06. The molecule has 14 heavy (non-hydrogen) atoms. The van der Waals surface area contributed by atoms with Gasteiger partial charge in [0, 0.05) is 12.1 Å². The molecular weight excluding hydrogens is 190 g/mol. The van der Waals surface area contributed by atoms with Crippen LogP contribution in [0.2, 0.25) is 0 Å². The maximum atomic E-state index is 3.66. The van der Waals surface area contributed by atoms with Crippen molar-refractivity contribution in [2.75, 3.05) is 11.5 Å². The van der Waals surface area contributed by atoms with E-state index in [4.69, 9.17) is 0 Å². The van der Waals surface area contributed by atoms with Gasteiger partial charge in [0.05, 0.1) is 0 Å². The normalized spacial score (nSPS) is 15.4. The predicted molar refractivity (Wildman–Crippen MR) is 69.2 cm³/mol. The van der Waals surface area contributed by atoms with Crippen LogP contribution in [0.1, 0.15) is 53.4 Å². The van der Waals surface area contributed by atoms with E-state index < -0.39 is 0 Å². The number of thioether (sulfide) groups is 1. The molecule has 0 spiro atoms. The van der Waals surface area contributed by atoms with Crippen molar-refractivity contribution in [1.29, 1.82) is 0 Å². The van der Waals surface area contributed by atoms with Crippen LogP contribution < -0.4 is 5.32 Å². The molecule has 1 N–H and O–H groups in total. The Hall–Kier alpha value is 0.310. The highest BCUT2D eigenvalue weighted by Gasteiger charge is 2.06. The lowest BCUT2D eigenvalue weighted by molar-refractivity contribution is 0.430. The summed E-state index contributed by atoms with van der Waals surface area (Å²) in [5.41, 5.74) is 0. The van der Waals surface area contributed by atoms with Gasteiger partial charge in [0.1, 0.15) is 0 Å². The smallest absolute Gasteiger partial charge is 0.00490 e. The summed E-state index contributed by atoms with van der Waals surface area (Å²) in [6.45, 7) is 9.10. The van der Waals surface area contributed by atoms with E-state index in [0.717, 1.165) is 0 Å². The third kappa shape index (κ3) is 8.89. The maximum absolute atomic E-state index is 3.66. The van der Waals surface area contributed by atoms with Crippen LogP contribution in [0.3, 0.4) is 0 Å². The molecule has 0 heterocycles. The quantitative estimate of drug-likeness (QED) is 0.591. The Morgan fingerprint density at radius 3 is 2.29 bits per heavy atom. The number of hydrogen-bond acceptors (Lipinski definition) is 2. The lowest BCUT2D eigenvalue weighted by Gasteiger charge is -2.19. The van der Waals surface area contributed by atoms with Crippen LogP contribution >= 0.6 is 11.8 Å². The van der Waals surface area contributed by atoms with E-state index >= 15 is 0 Å². The minimum Gasteiger partial charge on any atom is -0.312 e. The van der Waals surface area contributed by atoms with E-state index in [0.29, 0.717) is 12.1 Å². The van der Waals surface area contributed by atoms with E-state index in [2.05, 4.69) is 33.0 Å². The van der Waals surface area contributed by atoms with Crippen LogP contribution in [0, 0.1) is 0 Å². The molecule has 0 saturated carbocycles. The van der Waals surface area contributed by atoms with E-state index in [1.165, 1.54) is 37.2 Å². The van der Waals surface area contributed by atoms with Crippen molar-refractivity contribution in [3.63, 3.8) is 0 Å². The largest absolute Gasteiger partial charge is 0.312 e. The Kier molecular flexibility index (Phi) is 10.1. The number of rotatable bonds is 9. The third-order valence-electron chi connectivity index (χ3n) is 2.46. The average Bonchev–Trinajstić information content (AvgIpc) is 2.15. The summed E-state index contributed by atoms with van der Waals surface area (Å²) >= 11 is 2.04. The molecule has 0 aromatic rings. The van der Waals surface area contributed by atoms with Gasteiger partial charge in [-0.25, -0.2) is 0 Å². The Bertz CT molecular complexity index is 117. The third-order valence-corrected chi connectivity index (χ3v) is 3.39. The molecule has 2 atom stereocenters. The molecular formula is C12H27NS. The summed E-state index contributed by atoms with van der Waals surface area (Å²) in [4.78, 5) is 0. The highest BCUT2D eigenvalue weighted by molar-refractivity contribution is 7.99. The van der Waals surface area contributed by atoms with Gasteiger partial charge in [-0.15, -0.1) is 0 Å². The van der Waals surface area contributed by atoms with Crippen LogP contribution in [0.15, 0.2) is 0 Å². The lowest BCUT2D eigenvalue weighted by Crippen LogP contribution is -2.34. The van der Waals surface area contributed by atoms with Crippen LogP contribution in [0.4, 0.5) is 0 Å². The number of unbranched alkanes of at least 4 members (excludes halogenated alkanes) is 1. The van der Waals surface area contributed by atoms with Crippen molar-refractivity contribution in [2.24, 2.45) is 0 Å². The fraction of sp³-hybridized carbons (Fsp3) is 1.00. The van der Waals surface area contributed by atoms with Crippen LogP contribution in [-0.4, -0.2) is 23.6 Å². The minimum atomic E-state index is 0.681. The van der Waals surface area contributed by atoms with E-state index in [-0.39, 0.29) is 0 Å². The average molecular weight is 217 g/mol. The zero-order valence-electron chi connectivity index (χ0n) is 10.3. The van der Waals surface area contributed by atoms with Crippen molar-refractivity contribution in [3.8, 4) is 0 Å². The van der Waals surface area contributed by atoms with Crippen molar-refractivity contribution in [2.45, 2.75) is 65.5 Å². The van der Waals surface area contributed by atoms with Gasteiger partial charge in [0.15, 0.2) is 0 Å². The molecule has 0 aromatic carbocycles. The van der Waals surface area contributed by atoms with Gasteiger partial charge in [-0.2, -0.15) is 11.8 Å². The monoisotopic (exact) mass is 217 g/mol. The van der Waals surface area contributed by atoms with Crippen LogP contribution in [0.25, 0.3) is 0 Å². The Labute approximate surface area is 94.4 Å². The molecule has 0 aliphatic rings. The standard InChI is InChI=1S/C12H27NS/c1-5-7-8-11(3)13-12(4)9-10-14-6-2/h11-13H,5-10H2,1-4H3. The maximum Gasteiger partial charge on any atom is 0.00490 e. The second kappa shape index (κ2) is 9.85. The van der Waals surface area contributed by atoms with Crippen LogP contribution in [-0.2, 0) is 0 Å². The van der Waals surface area contributed by atoms with Gasteiger partial charge in [-0.05, 0) is 38.2 Å². The zero-order valence-corrected chi connectivity index (χ0v) is 11.1. The molecule has 0 saturated heterocycles. The minimum absolute atomic E-state index is 0.681.